The minimum Gasteiger partial charge on any atom is -0.347 e. The van der Waals surface area contributed by atoms with Crippen LogP contribution in [0.5, 0.6) is 0 Å². The van der Waals surface area contributed by atoms with Crippen molar-refractivity contribution in [3.05, 3.63) is 29.8 Å². The van der Waals surface area contributed by atoms with E-state index >= 15 is 0 Å². The quantitative estimate of drug-likeness (QED) is 0.715. The highest BCUT2D eigenvalue weighted by molar-refractivity contribution is 7.82. The van der Waals surface area contributed by atoms with Gasteiger partial charge < -0.3 is 15.1 Å². The maximum absolute atomic E-state index is 12.1. The van der Waals surface area contributed by atoms with E-state index in [-0.39, 0.29) is 5.91 Å². The van der Waals surface area contributed by atoms with E-state index in [1.165, 1.54) is 10.5 Å². The first-order valence-corrected chi connectivity index (χ1v) is 6.95. The van der Waals surface area contributed by atoms with Gasteiger partial charge in [0.15, 0.2) is 4.99 Å². The highest BCUT2D eigenvalue weighted by Crippen LogP contribution is 2.09. The molecule has 1 fully saturated rings. The van der Waals surface area contributed by atoms with Gasteiger partial charge in [0, 0.05) is 5.69 Å². The summed E-state index contributed by atoms with van der Waals surface area (Å²) in [7, 11) is 2.16. The van der Waals surface area contributed by atoms with E-state index in [9.17, 15) is 4.79 Å². The molecule has 2 N–H and O–H groups in total. The van der Waals surface area contributed by atoms with E-state index in [0.717, 1.165) is 31.9 Å². The number of anilines is 1. The van der Waals surface area contributed by atoms with Gasteiger partial charge in [-0.1, -0.05) is 29.9 Å². The molecule has 102 valence electrons. The molecular weight excluding hydrogens is 258 g/mol. The zero-order valence-electron chi connectivity index (χ0n) is 11.4. The first-order valence-electron chi connectivity index (χ1n) is 6.54. The van der Waals surface area contributed by atoms with Crippen molar-refractivity contribution >= 4 is 28.8 Å². The average Bonchev–Trinajstić information content (AvgIpc) is 2.41. The smallest absolute Gasteiger partial charge is 0.283 e. The number of nitrogens with one attached hydrogen (secondary N) is 2. The summed E-state index contributed by atoms with van der Waals surface area (Å²) in [6.45, 7) is 5.77. The molecule has 0 spiro atoms. The van der Waals surface area contributed by atoms with Gasteiger partial charge in [0.1, 0.15) is 0 Å². The van der Waals surface area contributed by atoms with E-state index in [0.29, 0.717) is 4.99 Å². The minimum atomic E-state index is -0.182. The van der Waals surface area contributed by atoms with Gasteiger partial charge in [-0.2, -0.15) is 0 Å². The van der Waals surface area contributed by atoms with Crippen LogP contribution in [0.25, 0.3) is 0 Å². The Balaban J connectivity index is 1.92. The number of carbonyl (C=O) groups is 1. The average molecular weight is 278 g/mol. The summed E-state index contributed by atoms with van der Waals surface area (Å²) in [6, 6.07) is 7.73. The molecule has 1 aliphatic rings. The van der Waals surface area contributed by atoms with E-state index in [4.69, 9.17) is 12.2 Å². The van der Waals surface area contributed by atoms with Crippen molar-refractivity contribution in [3.63, 3.8) is 0 Å². The Kier molecular flexibility index (Phi) is 4.50. The number of hydrogen-bond acceptors (Lipinski definition) is 2. The number of carbonyl (C=O) groups excluding carboxylic acids is 1. The Hall–Kier alpha value is -1.46. The summed E-state index contributed by atoms with van der Waals surface area (Å²) in [5.41, 5.74) is 1.96. The number of aryl methyl sites for hydroxylation is 1. The lowest BCUT2D eigenvalue weighted by atomic mass is 10.2. The molecule has 1 heterocycles. The second kappa shape index (κ2) is 6.12. The van der Waals surface area contributed by atoms with Gasteiger partial charge in [-0.05, 0) is 19.1 Å². The van der Waals surface area contributed by atoms with Crippen LogP contribution in [-0.2, 0) is 4.79 Å². The SMILES string of the molecule is Cc1ccc(NC(=O)C(=S)N2CC[NH+](C)CC2)cc1. The number of quaternary nitrogens is 1. The molecule has 4 nitrogen and oxygen atoms in total. The summed E-state index contributed by atoms with van der Waals surface area (Å²) in [6.07, 6.45) is 0. The fourth-order valence-electron chi connectivity index (χ4n) is 2.06. The lowest BCUT2D eigenvalue weighted by Crippen LogP contribution is -3.12. The van der Waals surface area contributed by atoms with Crippen molar-refractivity contribution < 1.29 is 9.69 Å². The maximum Gasteiger partial charge on any atom is 0.283 e. The van der Waals surface area contributed by atoms with Crippen molar-refractivity contribution in [1.82, 2.24) is 4.90 Å². The Bertz CT molecular complexity index is 464. The van der Waals surface area contributed by atoms with Gasteiger partial charge >= 0.3 is 0 Å². The van der Waals surface area contributed by atoms with E-state index < -0.39 is 0 Å². The number of likely N-dealkylation sites (N-methyl/N-ethyl adjacent to an activating group) is 1. The minimum absolute atomic E-state index is 0.182. The number of hydrogen-bond donors (Lipinski definition) is 2. The molecule has 2 rings (SSSR count). The molecule has 5 heteroatoms. The van der Waals surface area contributed by atoms with E-state index in [1.807, 2.05) is 36.1 Å². The monoisotopic (exact) mass is 278 g/mol. The van der Waals surface area contributed by atoms with Crippen molar-refractivity contribution in [2.75, 3.05) is 38.5 Å². The third-order valence-electron chi connectivity index (χ3n) is 3.41. The van der Waals surface area contributed by atoms with Crippen LogP contribution in [0.3, 0.4) is 0 Å². The predicted octanol–water partition coefficient (Wildman–Crippen LogP) is 0.0912. The molecule has 0 radical (unpaired) electrons. The van der Waals surface area contributed by atoms with Crippen LogP contribution in [0.2, 0.25) is 0 Å². The molecule has 0 saturated carbocycles. The van der Waals surface area contributed by atoms with E-state index in [1.54, 1.807) is 0 Å². The zero-order chi connectivity index (χ0) is 13.8. The molecular formula is C14H20N3OS+. The summed E-state index contributed by atoms with van der Waals surface area (Å²) in [4.78, 5) is 15.9. The number of amides is 1. The number of piperazine rings is 1. The third-order valence-corrected chi connectivity index (χ3v) is 3.85. The van der Waals surface area contributed by atoms with Crippen molar-refractivity contribution in [3.8, 4) is 0 Å². The van der Waals surface area contributed by atoms with Crippen molar-refractivity contribution in [2.24, 2.45) is 0 Å². The van der Waals surface area contributed by atoms with E-state index in [2.05, 4.69) is 12.4 Å². The number of benzene rings is 1. The third kappa shape index (κ3) is 3.75. The Labute approximate surface area is 119 Å². The molecule has 1 aliphatic heterocycles. The summed E-state index contributed by atoms with van der Waals surface area (Å²) >= 11 is 5.26. The number of thiocarbonyl (C=S) groups is 1. The summed E-state index contributed by atoms with van der Waals surface area (Å²) in [5.74, 6) is -0.182. The molecule has 1 amide bonds. The van der Waals surface area contributed by atoms with Gasteiger partial charge in [-0.25, -0.2) is 0 Å². The second-order valence-corrected chi connectivity index (χ2v) is 5.46. The van der Waals surface area contributed by atoms with Gasteiger partial charge in [0.25, 0.3) is 5.91 Å². The highest BCUT2D eigenvalue weighted by Gasteiger charge is 2.23. The maximum atomic E-state index is 12.1. The molecule has 1 aromatic rings. The Morgan fingerprint density at radius 1 is 1.26 bits per heavy atom. The van der Waals surface area contributed by atoms with Gasteiger partial charge in [-0.15, -0.1) is 0 Å². The topological polar surface area (TPSA) is 36.8 Å². The molecule has 0 atom stereocenters. The van der Waals surface area contributed by atoms with Crippen molar-refractivity contribution in [2.45, 2.75) is 6.92 Å². The largest absolute Gasteiger partial charge is 0.347 e. The fraction of sp³-hybridized carbons (Fsp3) is 0.429. The van der Waals surface area contributed by atoms with Crippen LogP contribution in [0.1, 0.15) is 5.56 Å². The molecule has 1 saturated heterocycles. The van der Waals surface area contributed by atoms with Gasteiger partial charge in [-0.3, -0.25) is 4.79 Å². The van der Waals surface area contributed by atoms with Gasteiger partial charge in [0.2, 0.25) is 0 Å². The first-order chi connectivity index (χ1) is 9.06. The summed E-state index contributed by atoms with van der Waals surface area (Å²) < 4.78 is 0. The van der Waals surface area contributed by atoms with Gasteiger partial charge in [0.05, 0.1) is 33.2 Å². The number of rotatable bonds is 1. The van der Waals surface area contributed by atoms with Crippen LogP contribution in [-0.4, -0.2) is 49.0 Å². The molecule has 0 aliphatic carbocycles. The second-order valence-electron chi connectivity index (χ2n) is 5.07. The summed E-state index contributed by atoms with van der Waals surface area (Å²) in [5, 5.41) is 2.85. The van der Waals surface area contributed by atoms with Crippen LogP contribution in [0.4, 0.5) is 5.69 Å². The molecule has 0 aromatic heterocycles. The lowest BCUT2D eigenvalue weighted by molar-refractivity contribution is -0.883. The molecule has 1 aromatic carbocycles. The predicted molar refractivity (Wildman–Crippen MR) is 80.6 cm³/mol. The Morgan fingerprint density at radius 3 is 2.42 bits per heavy atom. The fourth-order valence-corrected chi connectivity index (χ4v) is 2.29. The van der Waals surface area contributed by atoms with Crippen LogP contribution < -0.4 is 10.2 Å². The van der Waals surface area contributed by atoms with Crippen LogP contribution in [0.15, 0.2) is 24.3 Å². The standard InChI is InChI=1S/C14H19N3OS/c1-11-3-5-12(6-4-11)15-13(18)14(19)17-9-7-16(2)8-10-17/h3-6H,7-10H2,1-2H3,(H,15,18)/p+1. The Morgan fingerprint density at radius 2 is 1.84 bits per heavy atom. The zero-order valence-corrected chi connectivity index (χ0v) is 12.2. The number of nitrogens with zero attached hydrogens (tertiary/aromatic N) is 1. The first kappa shape index (κ1) is 14.0. The van der Waals surface area contributed by atoms with Crippen LogP contribution >= 0.6 is 12.2 Å². The van der Waals surface area contributed by atoms with Crippen LogP contribution in [0, 0.1) is 6.92 Å². The highest BCUT2D eigenvalue weighted by atomic mass is 32.1. The van der Waals surface area contributed by atoms with Crippen molar-refractivity contribution in [1.29, 1.82) is 0 Å². The lowest BCUT2D eigenvalue weighted by Gasteiger charge is -2.31. The molecule has 0 unspecified atom stereocenters. The molecule has 0 bridgehead atoms. The normalized spacial score (nSPS) is 16.2. The molecule has 19 heavy (non-hydrogen) atoms.